The van der Waals surface area contributed by atoms with E-state index in [1.165, 1.54) is 31.4 Å². The number of carbonyl (C=O) groups is 1. The Kier molecular flexibility index (Phi) is 14.3. The number of methoxy groups -OCH3 is 1. The molecular formula is C50H44FN3O11. The summed E-state index contributed by atoms with van der Waals surface area (Å²) in [4.78, 5) is 38.1. The molecule has 0 aliphatic heterocycles. The fourth-order valence-electron chi connectivity index (χ4n) is 6.90. The number of carbonyl (C=O) groups excluding carboxylic acids is 1. The largest absolute Gasteiger partial charge is 0.494 e. The molecule has 332 valence electrons. The lowest BCUT2D eigenvalue weighted by molar-refractivity contribution is 0.0333. The molecule has 0 amide bonds. The van der Waals surface area contributed by atoms with Crippen molar-refractivity contribution in [2.45, 2.75) is 26.0 Å². The summed E-state index contributed by atoms with van der Waals surface area (Å²) >= 11 is 0. The van der Waals surface area contributed by atoms with E-state index in [0.29, 0.717) is 108 Å². The first-order valence-corrected chi connectivity index (χ1v) is 20.9. The quantitative estimate of drug-likeness (QED) is 0.0499. The van der Waals surface area contributed by atoms with Crippen molar-refractivity contribution >= 4 is 27.9 Å². The van der Waals surface area contributed by atoms with Gasteiger partial charge in [-0.25, -0.2) is 13.9 Å². The Morgan fingerprint density at radius 2 is 1.43 bits per heavy atom. The molecule has 0 radical (unpaired) electrons. The summed E-state index contributed by atoms with van der Waals surface area (Å²) in [7, 11) is 1.32. The summed E-state index contributed by atoms with van der Waals surface area (Å²) < 4.78 is 61.5. The second kappa shape index (κ2) is 21.2. The van der Waals surface area contributed by atoms with Crippen LogP contribution in [-0.2, 0) is 33.8 Å². The van der Waals surface area contributed by atoms with Crippen LogP contribution in [0.4, 0.5) is 4.39 Å². The summed E-state index contributed by atoms with van der Waals surface area (Å²) in [6, 6.07) is 33.4. The number of aryl methyl sites for hydroxylation is 1. The molecule has 0 spiro atoms. The summed E-state index contributed by atoms with van der Waals surface area (Å²) in [6.45, 7) is 2.97. The summed E-state index contributed by atoms with van der Waals surface area (Å²) in [5.41, 5.74) is 3.29. The summed E-state index contributed by atoms with van der Waals surface area (Å²) in [5.74, 6) is 1.03. The van der Waals surface area contributed by atoms with E-state index in [0.717, 1.165) is 12.1 Å². The van der Waals surface area contributed by atoms with Gasteiger partial charge in [-0.3, -0.25) is 9.59 Å². The van der Waals surface area contributed by atoms with E-state index in [4.69, 9.17) is 37.3 Å². The lowest BCUT2D eigenvalue weighted by atomic mass is 10.1. The van der Waals surface area contributed by atoms with E-state index >= 15 is 0 Å². The van der Waals surface area contributed by atoms with Crippen LogP contribution >= 0.6 is 0 Å². The molecule has 0 N–H and O–H groups in total. The molecule has 0 saturated heterocycles. The van der Waals surface area contributed by atoms with Gasteiger partial charge in [-0.1, -0.05) is 29.5 Å². The van der Waals surface area contributed by atoms with E-state index in [1.807, 2.05) is 6.20 Å². The third kappa shape index (κ3) is 11.3. The fraction of sp³-hybridized carbons (Fsp3) is 0.220. The molecule has 14 nitrogen and oxygen atoms in total. The number of rotatable bonds is 21. The highest BCUT2D eigenvalue weighted by atomic mass is 19.1. The van der Waals surface area contributed by atoms with Crippen molar-refractivity contribution in [2.75, 3.05) is 46.8 Å². The molecule has 3 aromatic heterocycles. The number of benzene rings is 5. The SMILES string of the molecule is COC(=O)c1cccc(COc2c(-c3ccc(OCCOCCOCCn4cc(CCCOc5ccc(-c6cc(=O)c7ccc(F)cc7o6)cc5)nn4)cc3)oc3ccccc3c2=O)c1. The van der Waals surface area contributed by atoms with Crippen LogP contribution < -0.4 is 25.1 Å². The number of fused-ring (bicyclic) bond motifs is 2. The standard InChI is InChI=1S/C50H44FN3O11/c1-58-50(57)36-7-4-6-33(28-36)32-63-49-47(56)42-9-2-3-10-44(42)65-48(49)35-13-18-40(19-14-35)62-27-26-60-25-24-59-23-21-54-31-38(52-53-54)8-5-22-61-39-16-11-34(12-17-39)45-30-43(55)41-20-15-37(51)29-46(41)64-45/h2-4,6-7,9-20,28-31H,5,8,21-27,32H2,1H3. The number of hydrogen-bond acceptors (Lipinski definition) is 13. The van der Waals surface area contributed by atoms with Crippen LogP contribution in [0, 0.1) is 5.82 Å². The van der Waals surface area contributed by atoms with Gasteiger partial charge >= 0.3 is 5.97 Å². The lowest BCUT2D eigenvalue weighted by Gasteiger charge is -2.13. The highest BCUT2D eigenvalue weighted by Gasteiger charge is 2.19. The predicted octanol–water partition coefficient (Wildman–Crippen LogP) is 8.45. The first-order valence-electron chi connectivity index (χ1n) is 20.9. The van der Waals surface area contributed by atoms with Gasteiger partial charge in [0.05, 0.1) is 68.7 Å². The molecule has 65 heavy (non-hydrogen) atoms. The van der Waals surface area contributed by atoms with Crippen molar-refractivity contribution in [3.05, 3.63) is 171 Å². The number of para-hydroxylation sites is 1. The Labute approximate surface area is 371 Å². The fourth-order valence-corrected chi connectivity index (χ4v) is 6.90. The van der Waals surface area contributed by atoms with Crippen molar-refractivity contribution in [1.82, 2.24) is 15.0 Å². The number of nitrogens with zero attached hydrogens (tertiary/aromatic N) is 3. The van der Waals surface area contributed by atoms with Crippen LogP contribution in [0.5, 0.6) is 17.2 Å². The van der Waals surface area contributed by atoms with Gasteiger partial charge in [0.15, 0.2) is 11.2 Å². The van der Waals surface area contributed by atoms with Crippen LogP contribution in [0.2, 0.25) is 0 Å². The van der Waals surface area contributed by atoms with Gasteiger partial charge in [0.2, 0.25) is 11.2 Å². The Balaban J connectivity index is 0.714. The van der Waals surface area contributed by atoms with Gasteiger partial charge in [0.1, 0.15) is 47.5 Å². The topological polar surface area (TPSA) is 164 Å². The van der Waals surface area contributed by atoms with E-state index in [2.05, 4.69) is 10.3 Å². The molecule has 0 atom stereocenters. The summed E-state index contributed by atoms with van der Waals surface area (Å²) in [5, 5.41) is 9.15. The van der Waals surface area contributed by atoms with E-state index in [1.54, 1.807) is 102 Å². The third-order valence-electron chi connectivity index (χ3n) is 10.2. The molecule has 0 fully saturated rings. The zero-order valence-corrected chi connectivity index (χ0v) is 35.4. The van der Waals surface area contributed by atoms with Crippen LogP contribution in [-0.4, -0.2) is 67.7 Å². The molecule has 5 aromatic carbocycles. The zero-order valence-electron chi connectivity index (χ0n) is 35.4. The summed E-state index contributed by atoms with van der Waals surface area (Å²) in [6.07, 6.45) is 3.31. The maximum Gasteiger partial charge on any atom is 0.337 e. The minimum absolute atomic E-state index is 0.0286. The normalized spacial score (nSPS) is 11.2. The lowest BCUT2D eigenvalue weighted by Crippen LogP contribution is -2.13. The predicted molar refractivity (Wildman–Crippen MR) is 239 cm³/mol. The highest BCUT2D eigenvalue weighted by molar-refractivity contribution is 5.89. The van der Waals surface area contributed by atoms with Gasteiger partial charge in [-0.2, -0.15) is 0 Å². The average molecular weight is 882 g/mol. The highest BCUT2D eigenvalue weighted by Crippen LogP contribution is 2.33. The maximum absolute atomic E-state index is 13.7. The van der Waals surface area contributed by atoms with Gasteiger partial charge in [0, 0.05) is 29.5 Å². The minimum atomic E-state index is -0.472. The van der Waals surface area contributed by atoms with Crippen molar-refractivity contribution in [1.29, 1.82) is 0 Å². The molecule has 15 heteroatoms. The Morgan fingerprint density at radius 3 is 2.23 bits per heavy atom. The molecule has 0 bridgehead atoms. The second-order valence-corrected chi connectivity index (χ2v) is 14.7. The van der Waals surface area contributed by atoms with Crippen molar-refractivity contribution in [3.63, 3.8) is 0 Å². The van der Waals surface area contributed by atoms with Gasteiger partial charge < -0.3 is 37.3 Å². The maximum atomic E-state index is 13.7. The van der Waals surface area contributed by atoms with Crippen LogP contribution in [0.3, 0.4) is 0 Å². The molecule has 0 aliphatic rings. The van der Waals surface area contributed by atoms with Gasteiger partial charge in [-0.15, -0.1) is 5.10 Å². The number of aromatic nitrogens is 3. The second-order valence-electron chi connectivity index (χ2n) is 14.7. The molecule has 0 aliphatic carbocycles. The number of hydrogen-bond donors (Lipinski definition) is 0. The number of esters is 1. The smallest absolute Gasteiger partial charge is 0.337 e. The minimum Gasteiger partial charge on any atom is -0.494 e. The van der Waals surface area contributed by atoms with Gasteiger partial charge in [0.25, 0.3) is 0 Å². The number of ether oxygens (including phenoxy) is 6. The van der Waals surface area contributed by atoms with Crippen molar-refractivity contribution in [3.8, 4) is 39.9 Å². The van der Waals surface area contributed by atoms with E-state index in [9.17, 15) is 18.8 Å². The third-order valence-corrected chi connectivity index (χ3v) is 10.2. The van der Waals surface area contributed by atoms with E-state index < -0.39 is 11.8 Å². The van der Waals surface area contributed by atoms with Crippen LogP contribution in [0.15, 0.2) is 146 Å². The van der Waals surface area contributed by atoms with Gasteiger partial charge in [-0.05, 0) is 103 Å². The van der Waals surface area contributed by atoms with Crippen LogP contribution in [0.1, 0.15) is 28.0 Å². The first-order chi connectivity index (χ1) is 31.8. The molecule has 3 heterocycles. The number of halogens is 1. The zero-order chi connectivity index (χ0) is 45.0. The molecule has 8 aromatic rings. The Morgan fingerprint density at radius 1 is 0.692 bits per heavy atom. The molecule has 0 unspecified atom stereocenters. The Hall–Kier alpha value is -7.62. The molecule has 8 rings (SSSR count). The molecular weight excluding hydrogens is 838 g/mol. The van der Waals surface area contributed by atoms with Crippen molar-refractivity contribution in [2.24, 2.45) is 0 Å². The first kappa shape index (κ1) is 44.0. The monoisotopic (exact) mass is 881 g/mol. The molecule has 0 saturated carbocycles. The average Bonchev–Trinajstić information content (AvgIpc) is 3.79. The van der Waals surface area contributed by atoms with Crippen LogP contribution in [0.25, 0.3) is 44.6 Å². The Bertz CT molecular complexity index is 3000. The van der Waals surface area contributed by atoms with E-state index in [-0.39, 0.29) is 34.6 Å². The van der Waals surface area contributed by atoms with Crippen molar-refractivity contribution < 1.29 is 46.4 Å².